The maximum Gasteiger partial charge on any atom is 0.130 e. The van der Waals surface area contributed by atoms with Gasteiger partial charge in [-0.3, -0.25) is 0 Å². The summed E-state index contributed by atoms with van der Waals surface area (Å²) >= 11 is 1.60. The van der Waals surface area contributed by atoms with Crippen LogP contribution in [0.3, 0.4) is 0 Å². The van der Waals surface area contributed by atoms with Crippen LogP contribution in [0, 0.1) is 0 Å². The van der Waals surface area contributed by atoms with E-state index in [4.69, 9.17) is 9.47 Å². The highest BCUT2D eigenvalue weighted by Gasteiger charge is 2.44. The molecule has 5 rings (SSSR count). The Balaban J connectivity index is 1.58. The highest BCUT2D eigenvalue weighted by atomic mass is 32.1. The summed E-state index contributed by atoms with van der Waals surface area (Å²) in [5, 5.41) is 43.6. The minimum absolute atomic E-state index is 0.482. The van der Waals surface area contributed by atoms with E-state index in [1.807, 2.05) is 66.9 Å². The van der Waals surface area contributed by atoms with Crippen molar-refractivity contribution in [3.8, 4) is 16.2 Å². The van der Waals surface area contributed by atoms with E-state index in [1.54, 1.807) is 18.4 Å². The molecule has 0 spiro atoms. The van der Waals surface area contributed by atoms with Crippen molar-refractivity contribution in [3.63, 3.8) is 0 Å². The molecule has 1 fully saturated rings. The Kier molecular flexibility index (Phi) is 6.84. The number of ether oxygens (including phenoxy) is 2. The van der Waals surface area contributed by atoms with E-state index in [0.717, 1.165) is 31.8 Å². The van der Waals surface area contributed by atoms with Gasteiger partial charge in [-0.2, -0.15) is 0 Å². The van der Waals surface area contributed by atoms with Crippen molar-refractivity contribution >= 4 is 22.1 Å². The number of nitrogens with zero attached hydrogens (tertiary/aromatic N) is 1. The third kappa shape index (κ3) is 4.45. The van der Waals surface area contributed by atoms with Gasteiger partial charge in [-0.1, -0.05) is 54.6 Å². The van der Waals surface area contributed by atoms with Crippen molar-refractivity contribution < 1.29 is 29.9 Å². The lowest BCUT2D eigenvalue weighted by molar-refractivity contribution is -0.231. The monoisotopic (exact) mass is 493 g/mol. The van der Waals surface area contributed by atoms with Crippen molar-refractivity contribution in [2.24, 2.45) is 0 Å². The predicted octanol–water partition coefficient (Wildman–Crippen LogP) is 3.08. The van der Waals surface area contributed by atoms with Gasteiger partial charge >= 0.3 is 0 Å². The van der Waals surface area contributed by atoms with Crippen LogP contribution in [0.2, 0.25) is 0 Å². The average molecular weight is 494 g/mol. The van der Waals surface area contributed by atoms with Crippen LogP contribution >= 0.6 is 11.3 Å². The molecule has 0 radical (unpaired) electrons. The zero-order chi connectivity index (χ0) is 24.5. The van der Waals surface area contributed by atoms with Crippen LogP contribution in [0.1, 0.15) is 22.2 Å². The molecule has 1 aliphatic rings. The van der Waals surface area contributed by atoms with E-state index in [2.05, 4.69) is 4.98 Å². The van der Waals surface area contributed by atoms with Gasteiger partial charge in [0.25, 0.3) is 0 Å². The Morgan fingerprint density at radius 1 is 0.943 bits per heavy atom. The number of hydrogen-bond donors (Lipinski definition) is 4. The molecule has 0 saturated carbocycles. The second-order valence-corrected chi connectivity index (χ2v) is 9.73. The van der Waals surface area contributed by atoms with E-state index in [9.17, 15) is 20.4 Å². The van der Waals surface area contributed by atoms with Crippen LogP contribution in [0.25, 0.3) is 21.2 Å². The van der Waals surface area contributed by atoms with Crippen LogP contribution in [0.15, 0.2) is 66.9 Å². The molecule has 4 aromatic rings. The van der Waals surface area contributed by atoms with Crippen molar-refractivity contribution in [1.29, 1.82) is 0 Å². The van der Waals surface area contributed by atoms with Crippen LogP contribution in [0.4, 0.5) is 0 Å². The lowest BCUT2D eigenvalue weighted by Gasteiger charge is -2.40. The fraction of sp³-hybridized carbons (Fsp3) is 0.296. The molecule has 0 bridgehead atoms. The quantitative estimate of drug-likeness (QED) is 0.327. The predicted molar refractivity (Wildman–Crippen MR) is 134 cm³/mol. The Morgan fingerprint density at radius 2 is 1.66 bits per heavy atom. The summed E-state index contributed by atoms with van der Waals surface area (Å²) in [6.07, 6.45) is -3.82. The summed E-state index contributed by atoms with van der Waals surface area (Å²) in [5.74, 6) is 0.699. The first-order chi connectivity index (χ1) is 17.0. The summed E-state index contributed by atoms with van der Waals surface area (Å²) < 4.78 is 11.7. The number of fused-ring (bicyclic) bond motifs is 1. The first kappa shape index (κ1) is 23.9. The summed E-state index contributed by atoms with van der Waals surface area (Å²) in [7, 11) is 1.62. The third-order valence-corrected chi connectivity index (χ3v) is 7.51. The maximum absolute atomic E-state index is 10.8. The minimum Gasteiger partial charge on any atom is -0.496 e. The van der Waals surface area contributed by atoms with E-state index < -0.39 is 37.1 Å². The highest BCUT2D eigenvalue weighted by Crippen LogP contribution is 2.41. The molecule has 5 atom stereocenters. The zero-order valence-corrected chi connectivity index (χ0v) is 19.9. The van der Waals surface area contributed by atoms with E-state index in [1.165, 1.54) is 0 Å². The van der Waals surface area contributed by atoms with Crippen LogP contribution in [0.5, 0.6) is 5.75 Å². The molecular weight excluding hydrogens is 466 g/mol. The minimum atomic E-state index is -1.46. The number of benzene rings is 3. The first-order valence-electron chi connectivity index (χ1n) is 11.4. The van der Waals surface area contributed by atoms with Gasteiger partial charge < -0.3 is 29.9 Å². The molecule has 1 aromatic heterocycles. The second-order valence-electron chi connectivity index (χ2n) is 8.61. The maximum atomic E-state index is 10.8. The number of aliphatic hydroxyl groups is 4. The molecule has 4 N–H and O–H groups in total. The van der Waals surface area contributed by atoms with Gasteiger partial charge in [0.2, 0.25) is 0 Å². The standard InChI is InChI=1S/C27H27NO6S/c1-33-26-16(12-22-28-13-21(35-22)15-7-3-2-4-8-15)11-19(17-9-5-6-10-18(17)26)27-25(32)24(31)23(30)20(14-29)34-27/h2-11,13,20,23-25,27,29-32H,12,14H2,1H3. The fourth-order valence-corrected chi connectivity index (χ4v) is 5.64. The molecule has 1 aliphatic heterocycles. The van der Waals surface area contributed by atoms with Gasteiger partial charge in [-0.05, 0) is 22.6 Å². The summed E-state index contributed by atoms with van der Waals surface area (Å²) in [4.78, 5) is 5.69. The molecule has 2 heterocycles. The molecule has 35 heavy (non-hydrogen) atoms. The van der Waals surface area contributed by atoms with Gasteiger partial charge in [0.05, 0.1) is 23.6 Å². The molecule has 182 valence electrons. The van der Waals surface area contributed by atoms with Crippen molar-refractivity contribution in [2.45, 2.75) is 36.9 Å². The fourth-order valence-electron chi connectivity index (χ4n) is 4.69. The lowest BCUT2D eigenvalue weighted by Crippen LogP contribution is -2.55. The van der Waals surface area contributed by atoms with E-state index >= 15 is 0 Å². The molecule has 1 saturated heterocycles. The topological polar surface area (TPSA) is 112 Å². The molecule has 0 amide bonds. The Hall–Kier alpha value is -2.85. The lowest BCUT2D eigenvalue weighted by atomic mass is 9.87. The Bertz CT molecular complexity index is 1310. The van der Waals surface area contributed by atoms with Gasteiger partial charge in [0.15, 0.2) is 0 Å². The first-order valence-corrected chi connectivity index (χ1v) is 12.2. The van der Waals surface area contributed by atoms with Gasteiger partial charge in [0.1, 0.15) is 36.3 Å². The number of thiazole rings is 1. The molecule has 8 heteroatoms. The zero-order valence-electron chi connectivity index (χ0n) is 19.1. The van der Waals surface area contributed by atoms with Crippen LogP contribution < -0.4 is 4.74 Å². The Morgan fingerprint density at radius 3 is 2.37 bits per heavy atom. The smallest absolute Gasteiger partial charge is 0.130 e. The SMILES string of the molecule is COc1c(Cc2ncc(-c3ccccc3)s2)cc(C2OC(CO)C(O)C(O)C2O)c2ccccc12. The number of aromatic nitrogens is 1. The number of methoxy groups -OCH3 is 1. The van der Waals surface area contributed by atoms with E-state index in [0.29, 0.717) is 17.7 Å². The summed E-state index contributed by atoms with van der Waals surface area (Å²) in [5.41, 5.74) is 2.60. The summed E-state index contributed by atoms with van der Waals surface area (Å²) in [6, 6.07) is 19.6. The number of rotatable bonds is 6. The van der Waals surface area contributed by atoms with Crippen molar-refractivity contribution in [3.05, 3.63) is 83.0 Å². The van der Waals surface area contributed by atoms with Crippen molar-refractivity contribution in [2.75, 3.05) is 13.7 Å². The summed E-state index contributed by atoms with van der Waals surface area (Å²) in [6.45, 7) is -0.482. The number of hydrogen-bond acceptors (Lipinski definition) is 8. The van der Waals surface area contributed by atoms with E-state index in [-0.39, 0.29) is 0 Å². The second kappa shape index (κ2) is 10.0. The highest BCUT2D eigenvalue weighted by molar-refractivity contribution is 7.15. The van der Waals surface area contributed by atoms with Crippen molar-refractivity contribution in [1.82, 2.24) is 4.98 Å². The van der Waals surface area contributed by atoms with Gasteiger partial charge in [-0.25, -0.2) is 4.98 Å². The molecule has 5 unspecified atom stereocenters. The molecule has 0 aliphatic carbocycles. The van der Waals surface area contributed by atoms with Crippen LogP contribution in [-0.4, -0.2) is 63.5 Å². The largest absolute Gasteiger partial charge is 0.496 e. The average Bonchev–Trinajstić information content (AvgIpc) is 3.36. The van der Waals surface area contributed by atoms with Gasteiger partial charge in [-0.15, -0.1) is 11.3 Å². The molecule has 3 aromatic carbocycles. The van der Waals surface area contributed by atoms with Crippen LogP contribution in [-0.2, 0) is 11.2 Å². The third-order valence-electron chi connectivity index (χ3n) is 6.46. The molecular formula is C27H27NO6S. The Labute approximate surface area is 206 Å². The normalized spacial score (nSPS) is 24.5. The number of aliphatic hydroxyl groups excluding tert-OH is 4. The van der Waals surface area contributed by atoms with Gasteiger partial charge in [0, 0.05) is 23.6 Å². The molecule has 7 nitrogen and oxygen atoms in total.